The first kappa shape index (κ1) is 12.4. The highest BCUT2D eigenvalue weighted by molar-refractivity contribution is 4.96. The zero-order valence-corrected chi connectivity index (χ0v) is 11.3. The first-order valence-electron chi connectivity index (χ1n) is 6.90. The van der Waals surface area contributed by atoms with E-state index in [9.17, 15) is 0 Å². The molecule has 0 aromatic heterocycles. The molecule has 0 amide bonds. The third kappa shape index (κ3) is 2.78. The summed E-state index contributed by atoms with van der Waals surface area (Å²) in [4.78, 5) is 2.60. The summed E-state index contributed by atoms with van der Waals surface area (Å²) < 4.78 is 0. The molecule has 0 atom stereocenters. The van der Waals surface area contributed by atoms with Crippen LogP contribution in [-0.2, 0) is 0 Å². The van der Waals surface area contributed by atoms with Gasteiger partial charge in [0.25, 0.3) is 0 Å². The minimum Gasteiger partial charge on any atom is -0.324 e. The number of nitrogens with zero attached hydrogens (tertiary/aromatic N) is 1. The summed E-state index contributed by atoms with van der Waals surface area (Å²) in [6, 6.07) is 0. The average Bonchev–Trinajstić information content (AvgIpc) is 2.15. The van der Waals surface area contributed by atoms with Crippen LogP contribution in [0.5, 0.6) is 0 Å². The van der Waals surface area contributed by atoms with Gasteiger partial charge < -0.3 is 10.6 Å². The smallest absolute Gasteiger partial charge is 0.0283 e. The van der Waals surface area contributed by atoms with Crippen LogP contribution < -0.4 is 5.73 Å². The van der Waals surface area contributed by atoms with Gasteiger partial charge in [0.2, 0.25) is 0 Å². The second kappa shape index (κ2) is 4.30. The zero-order valence-electron chi connectivity index (χ0n) is 11.3. The standard InChI is InChI=1S/C14H28N2/c1-13(2,3)12-5-9-16(10-6-12)11-14(15)7-4-8-14/h12H,4-11,15H2,1-3H3. The quantitative estimate of drug-likeness (QED) is 0.781. The van der Waals surface area contributed by atoms with Gasteiger partial charge in [0.1, 0.15) is 0 Å². The maximum absolute atomic E-state index is 6.31. The molecule has 1 saturated carbocycles. The van der Waals surface area contributed by atoms with E-state index in [0.717, 1.165) is 12.5 Å². The van der Waals surface area contributed by atoms with E-state index in [4.69, 9.17) is 5.73 Å². The second-order valence-electron chi connectivity index (χ2n) is 7.13. The van der Waals surface area contributed by atoms with E-state index >= 15 is 0 Å². The van der Waals surface area contributed by atoms with Crippen molar-refractivity contribution in [3.8, 4) is 0 Å². The monoisotopic (exact) mass is 224 g/mol. The largest absolute Gasteiger partial charge is 0.324 e. The molecule has 2 N–H and O–H groups in total. The van der Waals surface area contributed by atoms with E-state index in [-0.39, 0.29) is 5.54 Å². The van der Waals surface area contributed by atoms with Crippen LogP contribution >= 0.6 is 0 Å². The van der Waals surface area contributed by atoms with Crippen LogP contribution in [0.2, 0.25) is 0 Å². The summed E-state index contributed by atoms with van der Waals surface area (Å²) in [5.74, 6) is 0.902. The van der Waals surface area contributed by atoms with Crippen LogP contribution in [0.4, 0.5) is 0 Å². The summed E-state index contributed by atoms with van der Waals surface area (Å²) in [5, 5.41) is 0. The summed E-state index contributed by atoms with van der Waals surface area (Å²) >= 11 is 0. The van der Waals surface area contributed by atoms with Gasteiger partial charge in [0.05, 0.1) is 0 Å². The van der Waals surface area contributed by atoms with Gasteiger partial charge in [-0.05, 0) is 56.5 Å². The summed E-state index contributed by atoms with van der Waals surface area (Å²) in [6.45, 7) is 10.8. The Hall–Kier alpha value is -0.0800. The molecule has 94 valence electrons. The summed E-state index contributed by atoms with van der Waals surface area (Å²) in [7, 11) is 0. The van der Waals surface area contributed by atoms with Crippen molar-refractivity contribution in [2.75, 3.05) is 19.6 Å². The highest BCUT2D eigenvalue weighted by Crippen LogP contribution is 2.36. The Balaban J connectivity index is 1.77. The molecule has 0 radical (unpaired) electrons. The average molecular weight is 224 g/mol. The fourth-order valence-electron chi connectivity index (χ4n) is 3.19. The van der Waals surface area contributed by atoms with Crippen molar-refractivity contribution in [3.05, 3.63) is 0 Å². The highest BCUT2D eigenvalue weighted by atomic mass is 15.2. The van der Waals surface area contributed by atoms with Crippen molar-refractivity contribution in [2.45, 2.75) is 58.4 Å². The van der Waals surface area contributed by atoms with Gasteiger partial charge in [-0.1, -0.05) is 20.8 Å². The van der Waals surface area contributed by atoms with Crippen molar-refractivity contribution in [1.29, 1.82) is 0 Å². The third-order valence-corrected chi connectivity index (χ3v) is 4.70. The Morgan fingerprint density at radius 2 is 1.75 bits per heavy atom. The lowest BCUT2D eigenvalue weighted by molar-refractivity contribution is 0.0763. The maximum atomic E-state index is 6.31. The normalized spacial score (nSPS) is 27.8. The predicted molar refractivity (Wildman–Crippen MR) is 69.4 cm³/mol. The number of hydrogen-bond donors (Lipinski definition) is 1. The Morgan fingerprint density at radius 1 is 1.19 bits per heavy atom. The van der Waals surface area contributed by atoms with Crippen molar-refractivity contribution < 1.29 is 0 Å². The molecule has 2 aliphatic rings. The molecule has 2 fully saturated rings. The SMILES string of the molecule is CC(C)(C)C1CCN(CC2(N)CCC2)CC1. The molecule has 1 saturated heterocycles. The van der Waals surface area contributed by atoms with E-state index in [1.807, 2.05) is 0 Å². The van der Waals surface area contributed by atoms with Crippen molar-refractivity contribution in [1.82, 2.24) is 4.90 Å². The molecule has 0 unspecified atom stereocenters. The minimum atomic E-state index is 0.175. The molecular formula is C14H28N2. The Kier molecular flexibility index (Phi) is 3.33. The van der Waals surface area contributed by atoms with Gasteiger partial charge in [0, 0.05) is 12.1 Å². The molecule has 1 aliphatic carbocycles. The van der Waals surface area contributed by atoms with E-state index in [1.54, 1.807) is 0 Å². The first-order chi connectivity index (χ1) is 7.39. The van der Waals surface area contributed by atoms with Crippen LogP contribution in [0.1, 0.15) is 52.9 Å². The van der Waals surface area contributed by atoms with Gasteiger partial charge >= 0.3 is 0 Å². The highest BCUT2D eigenvalue weighted by Gasteiger charge is 2.36. The molecule has 2 rings (SSSR count). The molecule has 0 aromatic carbocycles. The molecular weight excluding hydrogens is 196 g/mol. The Labute approximate surface area is 101 Å². The van der Waals surface area contributed by atoms with Crippen LogP contribution in [0, 0.1) is 11.3 Å². The first-order valence-corrected chi connectivity index (χ1v) is 6.90. The number of nitrogens with two attached hydrogens (primary N) is 1. The number of hydrogen-bond acceptors (Lipinski definition) is 2. The lowest BCUT2D eigenvalue weighted by Gasteiger charge is -2.45. The zero-order chi connectivity index (χ0) is 11.8. The number of likely N-dealkylation sites (tertiary alicyclic amines) is 1. The van der Waals surface area contributed by atoms with E-state index in [1.165, 1.54) is 45.2 Å². The van der Waals surface area contributed by atoms with Crippen LogP contribution in [0.15, 0.2) is 0 Å². The maximum Gasteiger partial charge on any atom is 0.0283 e. The van der Waals surface area contributed by atoms with E-state index in [0.29, 0.717) is 5.41 Å². The molecule has 0 spiro atoms. The summed E-state index contributed by atoms with van der Waals surface area (Å²) in [5.41, 5.74) is 6.98. The van der Waals surface area contributed by atoms with Crippen molar-refractivity contribution in [3.63, 3.8) is 0 Å². The lowest BCUT2D eigenvalue weighted by Crippen LogP contribution is -2.56. The fourth-order valence-corrected chi connectivity index (χ4v) is 3.19. The van der Waals surface area contributed by atoms with E-state index in [2.05, 4.69) is 25.7 Å². The van der Waals surface area contributed by atoms with Crippen molar-refractivity contribution >= 4 is 0 Å². The Bertz CT molecular complexity index is 230. The summed E-state index contributed by atoms with van der Waals surface area (Å²) in [6.07, 6.45) is 6.55. The van der Waals surface area contributed by atoms with Gasteiger partial charge in [-0.15, -0.1) is 0 Å². The Morgan fingerprint density at radius 3 is 2.12 bits per heavy atom. The van der Waals surface area contributed by atoms with Gasteiger partial charge in [-0.3, -0.25) is 0 Å². The molecule has 16 heavy (non-hydrogen) atoms. The second-order valence-corrected chi connectivity index (χ2v) is 7.13. The number of rotatable bonds is 2. The predicted octanol–water partition coefficient (Wildman–Crippen LogP) is 2.63. The minimum absolute atomic E-state index is 0.175. The fraction of sp³-hybridized carbons (Fsp3) is 1.00. The molecule has 2 heteroatoms. The van der Waals surface area contributed by atoms with Gasteiger partial charge in [-0.25, -0.2) is 0 Å². The topological polar surface area (TPSA) is 29.3 Å². The molecule has 1 heterocycles. The van der Waals surface area contributed by atoms with Crippen LogP contribution in [-0.4, -0.2) is 30.1 Å². The molecule has 0 bridgehead atoms. The van der Waals surface area contributed by atoms with E-state index < -0.39 is 0 Å². The third-order valence-electron chi connectivity index (χ3n) is 4.70. The van der Waals surface area contributed by atoms with Gasteiger partial charge in [0.15, 0.2) is 0 Å². The molecule has 0 aromatic rings. The van der Waals surface area contributed by atoms with Crippen molar-refractivity contribution in [2.24, 2.45) is 17.1 Å². The molecule has 1 aliphatic heterocycles. The molecule has 2 nitrogen and oxygen atoms in total. The van der Waals surface area contributed by atoms with Gasteiger partial charge in [-0.2, -0.15) is 0 Å². The van der Waals surface area contributed by atoms with Crippen LogP contribution in [0.25, 0.3) is 0 Å². The number of piperidine rings is 1. The lowest BCUT2D eigenvalue weighted by atomic mass is 9.74. The van der Waals surface area contributed by atoms with Crippen LogP contribution in [0.3, 0.4) is 0 Å².